The Labute approximate surface area is 95.9 Å². The number of aromatic nitrogens is 2. The summed E-state index contributed by atoms with van der Waals surface area (Å²) in [5, 5.41) is 0. The first-order chi connectivity index (χ1) is 7.72. The van der Waals surface area contributed by atoms with Gasteiger partial charge in [-0.3, -0.25) is 14.2 Å². The van der Waals surface area contributed by atoms with Crippen LogP contribution in [-0.2, 0) is 0 Å². The maximum absolute atomic E-state index is 11.6. The molecule has 5 heteroatoms. The zero-order chi connectivity index (χ0) is 11.5. The maximum Gasteiger partial charge on any atom is 0.320 e. The zero-order valence-corrected chi connectivity index (χ0v) is 9.45. The van der Waals surface area contributed by atoms with E-state index in [1.165, 1.54) is 10.8 Å². The molecule has 16 heavy (non-hydrogen) atoms. The summed E-state index contributed by atoms with van der Waals surface area (Å²) in [6.07, 6.45) is 4.96. The van der Waals surface area contributed by atoms with Crippen LogP contribution in [0.25, 0.3) is 5.69 Å². The Bertz CT molecular complexity index is 616. The summed E-state index contributed by atoms with van der Waals surface area (Å²) in [5.41, 5.74) is -0.485. The third-order valence-corrected chi connectivity index (χ3v) is 2.91. The van der Waals surface area contributed by atoms with Crippen LogP contribution in [0.15, 0.2) is 51.1 Å². The lowest BCUT2D eigenvalue weighted by atomic mass is 10.3. The maximum atomic E-state index is 11.6. The molecule has 1 aromatic carbocycles. The summed E-state index contributed by atoms with van der Waals surface area (Å²) in [6.45, 7) is 0. The van der Waals surface area contributed by atoms with Crippen LogP contribution in [0.1, 0.15) is 0 Å². The Morgan fingerprint density at radius 3 is 2.88 bits per heavy atom. The van der Waals surface area contributed by atoms with Crippen molar-refractivity contribution < 1.29 is 0 Å². The lowest BCUT2D eigenvalue weighted by Crippen LogP contribution is -2.34. The fourth-order valence-electron chi connectivity index (χ4n) is 1.39. The predicted molar refractivity (Wildman–Crippen MR) is 64.4 cm³/mol. The highest BCUT2D eigenvalue weighted by molar-refractivity contribution is 7.98. The van der Waals surface area contributed by atoms with Crippen molar-refractivity contribution in [3.63, 3.8) is 0 Å². The Morgan fingerprint density at radius 1 is 1.31 bits per heavy atom. The van der Waals surface area contributed by atoms with Gasteiger partial charge in [-0.2, -0.15) is 0 Å². The monoisotopic (exact) mass is 234 g/mol. The first-order valence-corrected chi connectivity index (χ1v) is 5.89. The molecule has 0 fully saturated rings. The third-order valence-electron chi connectivity index (χ3n) is 2.18. The standard InChI is InChI=1S/C11H10N2O2S/c1-16-9-4-2-3-8(7-9)13-6-5-12-10(14)11(13)15/h2-7H,1H3,(H,12,14). The molecule has 0 radical (unpaired) electrons. The summed E-state index contributed by atoms with van der Waals surface area (Å²) in [6, 6.07) is 7.47. The fourth-order valence-corrected chi connectivity index (χ4v) is 1.84. The zero-order valence-electron chi connectivity index (χ0n) is 8.64. The molecule has 0 spiro atoms. The minimum Gasteiger partial charge on any atom is -0.323 e. The lowest BCUT2D eigenvalue weighted by molar-refractivity contribution is 0.924. The van der Waals surface area contributed by atoms with Gasteiger partial charge in [-0.15, -0.1) is 11.8 Å². The van der Waals surface area contributed by atoms with Crippen LogP contribution in [0.2, 0.25) is 0 Å². The van der Waals surface area contributed by atoms with Gasteiger partial charge in [0.2, 0.25) is 0 Å². The molecule has 82 valence electrons. The van der Waals surface area contributed by atoms with Gasteiger partial charge in [-0.25, -0.2) is 0 Å². The average Bonchev–Trinajstić information content (AvgIpc) is 2.33. The van der Waals surface area contributed by atoms with E-state index in [0.717, 1.165) is 4.90 Å². The second-order valence-corrected chi connectivity index (χ2v) is 4.05. The minimum atomic E-state index is -0.614. The first-order valence-electron chi connectivity index (χ1n) is 4.67. The van der Waals surface area contributed by atoms with Crippen LogP contribution < -0.4 is 11.1 Å². The molecule has 0 amide bonds. The van der Waals surface area contributed by atoms with Crippen LogP contribution in [-0.4, -0.2) is 15.8 Å². The molecule has 1 heterocycles. The van der Waals surface area contributed by atoms with Crippen molar-refractivity contribution in [1.29, 1.82) is 0 Å². The van der Waals surface area contributed by atoms with Crippen LogP contribution in [0.4, 0.5) is 0 Å². The minimum absolute atomic E-state index is 0.569. The smallest absolute Gasteiger partial charge is 0.320 e. The Balaban J connectivity index is 2.63. The summed E-state index contributed by atoms with van der Waals surface area (Å²) >= 11 is 1.59. The van der Waals surface area contributed by atoms with E-state index in [0.29, 0.717) is 5.69 Å². The molecule has 4 nitrogen and oxygen atoms in total. The number of nitrogens with one attached hydrogen (secondary N) is 1. The van der Waals surface area contributed by atoms with Crippen molar-refractivity contribution in [3.8, 4) is 5.69 Å². The van der Waals surface area contributed by atoms with Crippen LogP contribution >= 0.6 is 11.8 Å². The van der Waals surface area contributed by atoms with Gasteiger partial charge < -0.3 is 4.98 Å². The molecule has 0 atom stereocenters. The van der Waals surface area contributed by atoms with Crippen molar-refractivity contribution in [3.05, 3.63) is 57.4 Å². The van der Waals surface area contributed by atoms with Gasteiger partial charge in [0.15, 0.2) is 0 Å². The second-order valence-electron chi connectivity index (χ2n) is 3.17. The summed E-state index contributed by atoms with van der Waals surface area (Å²) in [4.78, 5) is 26.1. The summed E-state index contributed by atoms with van der Waals surface area (Å²) < 4.78 is 1.33. The number of nitrogens with zero attached hydrogens (tertiary/aromatic N) is 1. The Kier molecular flexibility index (Phi) is 2.96. The molecule has 0 bridgehead atoms. The average molecular weight is 234 g/mol. The van der Waals surface area contributed by atoms with Gasteiger partial charge in [0.25, 0.3) is 0 Å². The van der Waals surface area contributed by atoms with E-state index in [4.69, 9.17) is 0 Å². The van der Waals surface area contributed by atoms with E-state index in [1.807, 2.05) is 24.5 Å². The van der Waals surface area contributed by atoms with Gasteiger partial charge in [-0.1, -0.05) is 6.07 Å². The molecule has 0 unspecified atom stereocenters. The highest BCUT2D eigenvalue weighted by Gasteiger charge is 2.02. The molecule has 1 N–H and O–H groups in total. The van der Waals surface area contributed by atoms with Crippen LogP contribution in [0.5, 0.6) is 0 Å². The molecular formula is C11H10N2O2S. The number of aromatic amines is 1. The van der Waals surface area contributed by atoms with E-state index in [2.05, 4.69) is 4.98 Å². The summed E-state index contributed by atoms with van der Waals surface area (Å²) in [5.74, 6) is 0. The number of H-pyrrole nitrogens is 1. The molecule has 2 rings (SSSR count). The normalized spacial score (nSPS) is 10.3. The highest BCUT2D eigenvalue weighted by Crippen LogP contribution is 2.17. The fraction of sp³-hybridized carbons (Fsp3) is 0.0909. The van der Waals surface area contributed by atoms with Gasteiger partial charge in [0, 0.05) is 23.0 Å². The molecule has 0 aliphatic carbocycles. The molecule has 0 aliphatic rings. The highest BCUT2D eigenvalue weighted by atomic mass is 32.2. The SMILES string of the molecule is CSc1cccc(-n2cc[nH]c(=O)c2=O)c1. The van der Waals surface area contributed by atoms with E-state index < -0.39 is 11.1 Å². The largest absolute Gasteiger partial charge is 0.323 e. The summed E-state index contributed by atoms with van der Waals surface area (Å²) in [7, 11) is 0. The van der Waals surface area contributed by atoms with Crippen molar-refractivity contribution in [2.24, 2.45) is 0 Å². The molecule has 0 saturated heterocycles. The molecular weight excluding hydrogens is 224 g/mol. The van der Waals surface area contributed by atoms with Gasteiger partial charge >= 0.3 is 11.1 Å². The molecule has 1 aromatic heterocycles. The topological polar surface area (TPSA) is 54.9 Å². The van der Waals surface area contributed by atoms with Crippen molar-refractivity contribution in [2.45, 2.75) is 4.90 Å². The van der Waals surface area contributed by atoms with Gasteiger partial charge in [-0.05, 0) is 24.5 Å². The number of rotatable bonds is 2. The van der Waals surface area contributed by atoms with Crippen molar-refractivity contribution >= 4 is 11.8 Å². The lowest BCUT2D eigenvalue weighted by Gasteiger charge is -2.05. The molecule has 0 saturated carbocycles. The number of thioether (sulfide) groups is 1. The number of hydrogen-bond donors (Lipinski definition) is 1. The predicted octanol–water partition coefficient (Wildman–Crippen LogP) is 1.25. The molecule has 2 aromatic rings. The van der Waals surface area contributed by atoms with E-state index >= 15 is 0 Å². The first kappa shape index (κ1) is 10.8. The number of hydrogen-bond acceptors (Lipinski definition) is 3. The van der Waals surface area contributed by atoms with E-state index in [1.54, 1.807) is 24.0 Å². The van der Waals surface area contributed by atoms with Crippen LogP contribution in [0.3, 0.4) is 0 Å². The van der Waals surface area contributed by atoms with Crippen molar-refractivity contribution in [1.82, 2.24) is 9.55 Å². The van der Waals surface area contributed by atoms with Crippen LogP contribution in [0, 0.1) is 0 Å². The molecule has 0 aliphatic heterocycles. The van der Waals surface area contributed by atoms with E-state index in [9.17, 15) is 9.59 Å². The Morgan fingerprint density at radius 2 is 2.12 bits per heavy atom. The van der Waals surface area contributed by atoms with E-state index in [-0.39, 0.29) is 0 Å². The van der Waals surface area contributed by atoms with Crippen molar-refractivity contribution in [2.75, 3.05) is 6.26 Å². The Hall–Kier alpha value is -1.75. The van der Waals surface area contributed by atoms with Gasteiger partial charge in [0.1, 0.15) is 0 Å². The third kappa shape index (κ3) is 1.94. The second kappa shape index (κ2) is 4.40. The quantitative estimate of drug-likeness (QED) is 0.628. The number of benzene rings is 1. The van der Waals surface area contributed by atoms with Gasteiger partial charge in [0.05, 0.1) is 0 Å².